The summed E-state index contributed by atoms with van der Waals surface area (Å²) >= 11 is 0. The van der Waals surface area contributed by atoms with Crippen molar-refractivity contribution in [1.82, 2.24) is 0 Å². The number of hydrogen-bond acceptors (Lipinski definition) is 5. The first-order chi connectivity index (χ1) is 9.38. The number of Topliss-reactive ketones (excluding diaryl/α,β-unsaturated/α-hetero) is 1. The third kappa shape index (κ3) is 7.96. The predicted molar refractivity (Wildman–Crippen MR) is 70.3 cm³/mol. The fourth-order valence-electron chi connectivity index (χ4n) is 1.07. The standard InChI is InChI=1S/C10H10O3.C3H7NO3/c11-9(6-7-10(12)13)8-4-2-1-3-5-8;4-2(1-5)3(6)7/h1-5H,6-7H2,(H,12,13);2,5H,1,4H2,(H,6,7). The summed E-state index contributed by atoms with van der Waals surface area (Å²) in [4.78, 5) is 31.1. The minimum atomic E-state index is -1.18. The van der Waals surface area contributed by atoms with Gasteiger partial charge in [-0.05, 0) is 0 Å². The van der Waals surface area contributed by atoms with E-state index in [2.05, 4.69) is 0 Å². The molecule has 0 aliphatic heterocycles. The number of ketones is 1. The summed E-state index contributed by atoms with van der Waals surface area (Å²) in [6, 6.07) is 7.57. The molecule has 0 saturated heterocycles. The van der Waals surface area contributed by atoms with Crippen LogP contribution in [0.4, 0.5) is 0 Å². The van der Waals surface area contributed by atoms with Crippen molar-refractivity contribution in [2.45, 2.75) is 18.9 Å². The average Bonchev–Trinajstić information content (AvgIpc) is 2.45. The first kappa shape index (κ1) is 17.8. The molecule has 0 spiro atoms. The van der Waals surface area contributed by atoms with E-state index in [9.17, 15) is 14.4 Å². The summed E-state index contributed by atoms with van der Waals surface area (Å²) in [5, 5.41) is 24.3. The van der Waals surface area contributed by atoms with Gasteiger partial charge in [-0.2, -0.15) is 0 Å². The molecule has 20 heavy (non-hydrogen) atoms. The first-order valence-electron chi connectivity index (χ1n) is 5.77. The van der Waals surface area contributed by atoms with Gasteiger partial charge in [-0.15, -0.1) is 0 Å². The number of aliphatic hydroxyl groups excluding tert-OH is 1. The van der Waals surface area contributed by atoms with E-state index in [4.69, 9.17) is 21.1 Å². The second-order valence-electron chi connectivity index (χ2n) is 3.81. The zero-order valence-electron chi connectivity index (χ0n) is 10.7. The maximum Gasteiger partial charge on any atom is 0.322 e. The second-order valence-corrected chi connectivity index (χ2v) is 3.81. The van der Waals surface area contributed by atoms with Crippen LogP contribution in [0.15, 0.2) is 30.3 Å². The number of benzene rings is 1. The quantitative estimate of drug-likeness (QED) is 0.544. The summed E-state index contributed by atoms with van der Waals surface area (Å²) in [5.74, 6) is -2.24. The van der Waals surface area contributed by atoms with Crippen LogP contribution in [-0.4, -0.2) is 45.7 Å². The lowest BCUT2D eigenvalue weighted by molar-refractivity contribution is -0.139. The SMILES string of the molecule is NC(CO)C(=O)O.O=C(O)CCC(=O)c1ccccc1. The number of nitrogens with two attached hydrogens (primary N) is 1. The van der Waals surface area contributed by atoms with Crippen LogP contribution in [-0.2, 0) is 9.59 Å². The van der Waals surface area contributed by atoms with Gasteiger partial charge in [0, 0.05) is 12.0 Å². The number of carbonyl (C=O) groups is 3. The first-order valence-corrected chi connectivity index (χ1v) is 5.77. The Bertz CT molecular complexity index is 445. The molecule has 1 unspecified atom stereocenters. The van der Waals surface area contributed by atoms with Crippen molar-refractivity contribution in [3.8, 4) is 0 Å². The number of aliphatic carboxylic acids is 2. The van der Waals surface area contributed by atoms with Crippen LogP contribution in [0.2, 0.25) is 0 Å². The fourth-order valence-corrected chi connectivity index (χ4v) is 1.07. The molecule has 0 aliphatic carbocycles. The van der Waals surface area contributed by atoms with E-state index in [0.717, 1.165) is 0 Å². The molecule has 1 rings (SSSR count). The van der Waals surface area contributed by atoms with Gasteiger partial charge in [0.2, 0.25) is 0 Å². The Kier molecular flexibility index (Phi) is 8.56. The number of carbonyl (C=O) groups excluding carboxylic acids is 1. The van der Waals surface area contributed by atoms with Gasteiger partial charge in [0.25, 0.3) is 0 Å². The Hall–Kier alpha value is -2.25. The molecule has 1 atom stereocenters. The Labute approximate surface area is 115 Å². The lowest BCUT2D eigenvalue weighted by Gasteiger charge is -1.97. The van der Waals surface area contributed by atoms with E-state index in [1.807, 2.05) is 6.07 Å². The third-order valence-corrected chi connectivity index (χ3v) is 2.18. The van der Waals surface area contributed by atoms with E-state index in [-0.39, 0.29) is 18.6 Å². The zero-order valence-corrected chi connectivity index (χ0v) is 10.7. The van der Waals surface area contributed by atoms with Gasteiger partial charge in [-0.3, -0.25) is 14.4 Å². The van der Waals surface area contributed by atoms with E-state index in [0.29, 0.717) is 5.56 Å². The van der Waals surface area contributed by atoms with Gasteiger partial charge >= 0.3 is 11.9 Å². The Morgan fingerprint density at radius 3 is 1.95 bits per heavy atom. The maximum absolute atomic E-state index is 11.3. The number of aliphatic hydroxyl groups is 1. The van der Waals surface area contributed by atoms with Crippen LogP contribution in [0.25, 0.3) is 0 Å². The van der Waals surface area contributed by atoms with Crippen molar-refractivity contribution >= 4 is 17.7 Å². The van der Waals surface area contributed by atoms with Crippen LogP contribution >= 0.6 is 0 Å². The lowest BCUT2D eigenvalue weighted by Crippen LogP contribution is -2.33. The largest absolute Gasteiger partial charge is 0.481 e. The Morgan fingerprint density at radius 1 is 1.05 bits per heavy atom. The smallest absolute Gasteiger partial charge is 0.322 e. The van der Waals surface area contributed by atoms with Crippen molar-refractivity contribution in [2.75, 3.05) is 6.61 Å². The maximum atomic E-state index is 11.3. The molecular formula is C13H17NO6. The normalized spacial score (nSPS) is 10.9. The molecule has 0 heterocycles. The van der Waals surface area contributed by atoms with Crippen molar-refractivity contribution < 1.29 is 29.7 Å². The summed E-state index contributed by atoms with van der Waals surface area (Å²) in [6.45, 7) is -0.505. The number of hydrogen-bond donors (Lipinski definition) is 4. The van der Waals surface area contributed by atoms with Crippen molar-refractivity contribution in [1.29, 1.82) is 0 Å². The molecule has 7 heteroatoms. The highest BCUT2D eigenvalue weighted by atomic mass is 16.4. The van der Waals surface area contributed by atoms with Gasteiger partial charge in [-0.25, -0.2) is 0 Å². The topological polar surface area (TPSA) is 138 Å². The minimum Gasteiger partial charge on any atom is -0.481 e. The number of rotatable bonds is 6. The molecule has 0 fully saturated rings. The average molecular weight is 283 g/mol. The molecule has 0 saturated carbocycles. The molecule has 5 N–H and O–H groups in total. The van der Waals surface area contributed by atoms with Crippen LogP contribution in [0.3, 0.4) is 0 Å². The minimum absolute atomic E-state index is 0.0688. The van der Waals surface area contributed by atoms with E-state index in [1.54, 1.807) is 24.3 Å². The highest BCUT2D eigenvalue weighted by molar-refractivity contribution is 5.97. The molecule has 0 bridgehead atoms. The van der Waals surface area contributed by atoms with Crippen LogP contribution in [0.1, 0.15) is 23.2 Å². The molecule has 0 aromatic heterocycles. The molecule has 0 amide bonds. The summed E-state index contributed by atoms with van der Waals surface area (Å²) in [5.41, 5.74) is 5.34. The van der Waals surface area contributed by atoms with Crippen LogP contribution < -0.4 is 5.73 Å². The highest BCUT2D eigenvalue weighted by Gasteiger charge is 2.07. The van der Waals surface area contributed by atoms with Crippen molar-refractivity contribution in [3.05, 3.63) is 35.9 Å². The highest BCUT2D eigenvalue weighted by Crippen LogP contribution is 2.04. The fraction of sp³-hybridized carbons (Fsp3) is 0.308. The molecule has 0 radical (unpaired) electrons. The zero-order chi connectivity index (χ0) is 15.5. The molecule has 1 aromatic carbocycles. The van der Waals surface area contributed by atoms with Gasteiger partial charge in [-0.1, -0.05) is 30.3 Å². The summed E-state index contributed by atoms with van der Waals surface area (Å²) in [7, 11) is 0. The van der Waals surface area contributed by atoms with Crippen LogP contribution in [0, 0.1) is 0 Å². The van der Waals surface area contributed by atoms with E-state index in [1.165, 1.54) is 0 Å². The van der Waals surface area contributed by atoms with Gasteiger partial charge in [0.1, 0.15) is 6.04 Å². The summed E-state index contributed by atoms with van der Waals surface area (Å²) in [6.07, 6.45) is -0.0346. The van der Waals surface area contributed by atoms with Gasteiger partial charge in [0.05, 0.1) is 13.0 Å². The number of carboxylic acids is 2. The molecule has 1 aromatic rings. The van der Waals surface area contributed by atoms with Crippen LogP contribution in [0.5, 0.6) is 0 Å². The summed E-state index contributed by atoms with van der Waals surface area (Å²) < 4.78 is 0. The van der Waals surface area contributed by atoms with Crippen molar-refractivity contribution in [2.24, 2.45) is 5.73 Å². The Morgan fingerprint density at radius 2 is 1.60 bits per heavy atom. The molecule has 110 valence electrons. The molecular weight excluding hydrogens is 266 g/mol. The lowest BCUT2D eigenvalue weighted by atomic mass is 10.1. The number of carboxylic acid groups (broad SMARTS) is 2. The monoisotopic (exact) mass is 283 g/mol. The molecule has 0 aliphatic rings. The van der Waals surface area contributed by atoms with Crippen molar-refractivity contribution in [3.63, 3.8) is 0 Å². The van der Waals surface area contributed by atoms with Gasteiger partial charge < -0.3 is 21.1 Å². The van der Waals surface area contributed by atoms with Gasteiger partial charge in [0.15, 0.2) is 5.78 Å². The Balaban J connectivity index is 0.000000441. The van der Waals surface area contributed by atoms with E-state index < -0.39 is 24.6 Å². The second kappa shape index (κ2) is 9.65. The molecule has 7 nitrogen and oxygen atoms in total. The van der Waals surface area contributed by atoms with E-state index >= 15 is 0 Å². The third-order valence-electron chi connectivity index (χ3n) is 2.18. The predicted octanol–water partition coefficient (Wildman–Crippen LogP) is 0.125.